The van der Waals surface area contributed by atoms with Gasteiger partial charge in [-0.2, -0.15) is 0 Å². The van der Waals surface area contributed by atoms with Gasteiger partial charge in [-0.15, -0.1) is 5.10 Å². The van der Waals surface area contributed by atoms with Crippen LogP contribution in [0.5, 0.6) is 0 Å². The van der Waals surface area contributed by atoms with Gasteiger partial charge in [-0.25, -0.2) is 9.48 Å². The molecule has 25 atom stereocenters. The first-order valence-corrected chi connectivity index (χ1v) is 32.8. The Hall–Kier alpha value is -4.63. The molecule has 4 saturated heterocycles. The van der Waals surface area contributed by atoms with Gasteiger partial charge in [0.15, 0.2) is 18.4 Å². The number of ether oxygens (including phenoxy) is 9. The zero-order chi connectivity index (χ0) is 68.2. The number of hydrogen-bond donors (Lipinski definition) is 9. The Morgan fingerprint density at radius 2 is 1.44 bits per heavy atom. The molecule has 6 heterocycles. The van der Waals surface area contributed by atoms with Crippen molar-refractivity contribution in [3.63, 3.8) is 0 Å². The number of allylic oxidation sites excluding steroid dienone is 6. The predicted octanol–water partition coefficient (Wildman–Crippen LogP) is 1.79. The quantitative estimate of drug-likeness (QED) is 0.0728. The Kier molecular flexibility index (Phi) is 28.1. The summed E-state index contributed by atoms with van der Waals surface area (Å²) in [7, 11) is 4.48. The van der Waals surface area contributed by atoms with E-state index in [0.29, 0.717) is 69.1 Å². The van der Waals surface area contributed by atoms with Gasteiger partial charge in [0.1, 0.15) is 84.7 Å². The molecule has 1 saturated carbocycles. The van der Waals surface area contributed by atoms with Crippen LogP contribution in [0.25, 0.3) is 0 Å². The van der Waals surface area contributed by atoms with Gasteiger partial charge in [0.2, 0.25) is 5.79 Å². The van der Waals surface area contributed by atoms with Gasteiger partial charge in [-0.1, -0.05) is 76.3 Å². The van der Waals surface area contributed by atoms with Crippen LogP contribution in [0.1, 0.15) is 137 Å². The molecule has 1 aromatic rings. The minimum Gasteiger partial charge on any atom is -0.460 e. The number of piperidine rings is 1. The highest BCUT2D eigenvalue weighted by Crippen LogP contribution is 2.40. The van der Waals surface area contributed by atoms with E-state index in [1.807, 2.05) is 51.2 Å². The minimum atomic E-state index is -2.50. The summed E-state index contributed by atoms with van der Waals surface area (Å²) < 4.78 is 54.3. The number of methoxy groups -OCH3 is 3. The van der Waals surface area contributed by atoms with E-state index in [9.17, 15) is 69.9 Å². The fourth-order valence-corrected chi connectivity index (χ4v) is 13.7. The number of Topliss-reactive ketones (excluding diaryl/α,β-unsaturated/α-hetero) is 3. The molecule has 0 aromatic carbocycles. The summed E-state index contributed by atoms with van der Waals surface area (Å²) in [6, 6.07) is -1.56. The summed E-state index contributed by atoms with van der Waals surface area (Å²) in [4.78, 5) is 73.3. The highest BCUT2D eigenvalue weighted by molar-refractivity contribution is 6.39. The number of carbonyl (C=O) groups excluding carboxylic acids is 5. The topological polar surface area (TPSA) is 384 Å². The Bertz CT molecular complexity index is 2760. The van der Waals surface area contributed by atoms with Crippen molar-refractivity contribution in [1.82, 2.24) is 19.9 Å². The summed E-state index contributed by atoms with van der Waals surface area (Å²) in [5.41, 5.74) is 1.48. The molecule has 2 bridgehead atoms. The van der Waals surface area contributed by atoms with E-state index < -0.39 is 164 Å². The van der Waals surface area contributed by atoms with E-state index in [4.69, 9.17) is 42.6 Å². The predicted molar refractivity (Wildman–Crippen MR) is 329 cm³/mol. The number of fused-ring (bicyclic) bond motifs is 3. The van der Waals surface area contributed by atoms with E-state index in [2.05, 4.69) is 10.3 Å². The summed E-state index contributed by atoms with van der Waals surface area (Å²) in [6.45, 7) is 11.0. The lowest BCUT2D eigenvalue weighted by Crippen LogP contribution is -2.61. The fourth-order valence-electron chi connectivity index (χ4n) is 13.7. The standard InChI is InChI=1S/C66H102N4O23/c1-34-16-12-11-13-17-35(2)47(85-8)28-43-21-19-40(7)66(84,93-43)61(81)62(82)69-23-15-14-18-45(69)63(83)90-48(29-46(72)36(3)25-39(6)53(74)60(87-10)52(73)38(5)24-34)37(4)26-41-20-22-44(49(27-41)86-9)70-30-42(67-68-70)32-88-64-59(80)57(78)55(76)51(92-64)33-89-65-58(79)56(77)54(75)50(31-71)91-65/h11-13,16-17,25,30,34,36-38,40-41,43-45,47-51,53-60,64-65,71,74-80,84H,14-15,18-24,26-29,31-33H2,1-10H3/b13-11+,16-12+,35-17+,39-25+/t34-,36-,37-,38-,40-,41+,43+,44+,45+,47?,48+,49-,50-,51-,53-,54+,55-,56+,57+,58-,59-,60?,64-,65+,66-/m1/s1. The van der Waals surface area contributed by atoms with Crippen LogP contribution >= 0.6 is 0 Å². The number of aliphatic hydroxyl groups excluding tert-OH is 8. The van der Waals surface area contributed by atoms with Crippen LogP contribution in [0.2, 0.25) is 0 Å². The van der Waals surface area contributed by atoms with Crippen LogP contribution in [0, 0.1) is 35.5 Å². The van der Waals surface area contributed by atoms with E-state index in [1.54, 1.807) is 58.9 Å². The normalized spacial score (nSPS) is 41.9. The monoisotopic (exact) mass is 1320 g/mol. The van der Waals surface area contributed by atoms with Crippen LogP contribution in [-0.4, -0.2) is 246 Å². The smallest absolute Gasteiger partial charge is 0.329 e. The third kappa shape index (κ3) is 18.7. The Morgan fingerprint density at radius 3 is 2.12 bits per heavy atom. The van der Waals surface area contributed by atoms with Gasteiger partial charge >= 0.3 is 5.97 Å². The third-order valence-corrected chi connectivity index (χ3v) is 19.7. The number of esters is 1. The van der Waals surface area contributed by atoms with Crippen LogP contribution in [-0.2, 0) is 73.2 Å². The first-order chi connectivity index (χ1) is 44.2. The van der Waals surface area contributed by atoms with E-state index in [0.717, 1.165) is 10.5 Å². The molecule has 524 valence electrons. The summed E-state index contributed by atoms with van der Waals surface area (Å²) >= 11 is 0. The number of amides is 1. The van der Waals surface area contributed by atoms with E-state index in [-0.39, 0.29) is 61.9 Å². The summed E-state index contributed by atoms with van der Waals surface area (Å²) in [5.74, 6) is -8.88. The molecule has 5 fully saturated rings. The highest BCUT2D eigenvalue weighted by Gasteiger charge is 2.54. The molecule has 2 unspecified atom stereocenters. The first-order valence-electron chi connectivity index (χ1n) is 32.8. The molecule has 5 aliphatic heterocycles. The van der Waals surface area contributed by atoms with Crippen molar-refractivity contribution >= 4 is 29.2 Å². The van der Waals surface area contributed by atoms with Crippen molar-refractivity contribution in [2.45, 2.75) is 248 Å². The van der Waals surface area contributed by atoms with Crippen molar-refractivity contribution in [3.05, 3.63) is 59.5 Å². The van der Waals surface area contributed by atoms with Gasteiger partial charge < -0.3 is 93.5 Å². The SMILES string of the molecule is COC1C[C@@H]2CC[C@@H](C)[C@@](O)(O2)C(=O)C(=O)N2CCCC[C@H]2C(=O)O[C@H]([C@H](C)C[C@@H]2CC[C@H](n3cc(CO[C@@H]4O[C@H](CO[C@H]5O[C@H](CO)[C@H](O)[C@H](O)[C@H]5O)[C@@H](O)[C@H](O)[C@H]4O)nn3)[C@H](OC)C2)CC(=O)[C@H](C)/C=C(\C)[C@@H](O)C(OC)C(=O)[C@H](C)C[C@H](C)/C=C/C=C/C=C/1C. The average Bonchev–Trinajstić information content (AvgIpc) is 1.13. The highest BCUT2D eigenvalue weighted by atomic mass is 16.7. The van der Waals surface area contributed by atoms with Crippen LogP contribution < -0.4 is 0 Å². The van der Waals surface area contributed by atoms with Crippen molar-refractivity contribution in [2.24, 2.45) is 35.5 Å². The van der Waals surface area contributed by atoms with Crippen LogP contribution in [0.3, 0.4) is 0 Å². The van der Waals surface area contributed by atoms with Gasteiger partial charge in [0, 0.05) is 58.5 Å². The number of ketones is 3. The maximum atomic E-state index is 14.8. The van der Waals surface area contributed by atoms with Crippen LogP contribution in [0.4, 0.5) is 0 Å². The van der Waals surface area contributed by atoms with Gasteiger partial charge in [0.05, 0.1) is 50.4 Å². The van der Waals surface area contributed by atoms with Crippen molar-refractivity contribution in [1.29, 1.82) is 0 Å². The maximum absolute atomic E-state index is 14.8. The zero-order valence-electron chi connectivity index (χ0n) is 55.2. The molecule has 1 aliphatic carbocycles. The number of hydrogen-bond acceptors (Lipinski definition) is 25. The third-order valence-electron chi connectivity index (χ3n) is 19.7. The Morgan fingerprint density at radius 1 is 0.753 bits per heavy atom. The first kappa shape index (κ1) is 75.7. The number of aromatic nitrogens is 3. The summed E-state index contributed by atoms with van der Waals surface area (Å²) in [5, 5.41) is 105. The van der Waals surface area contributed by atoms with Crippen LogP contribution in [0.15, 0.2) is 53.8 Å². The number of aliphatic hydroxyl groups is 9. The molecule has 27 heteroatoms. The molecule has 1 amide bonds. The van der Waals surface area contributed by atoms with Gasteiger partial charge in [-0.05, 0) is 107 Å². The number of rotatable bonds is 14. The molecular weight excluding hydrogens is 1220 g/mol. The second-order valence-corrected chi connectivity index (χ2v) is 26.6. The molecule has 9 N–H and O–H groups in total. The zero-order valence-corrected chi connectivity index (χ0v) is 55.2. The average molecular weight is 1320 g/mol. The summed E-state index contributed by atoms with van der Waals surface area (Å²) in [6.07, 6.45) is -3.97. The Labute approximate surface area is 544 Å². The molecule has 7 rings (SSSR count). The van der Waals surface area contributed by atoms with E-state index >= 15 is 0 Å². The van der Waals surface area contributed by atoms with Crippen molar-refractivity contribution in [2.75, 3.05) is 41.1 Å². The molecule has 0 spiro atoms. The lowest BCUT2D eigenvalue weighted by atomic mass is 9.77. The van der Waals surface area contributed by atoms with Gasteiger partial charge in [-0.3, -0.25) is 19.2 Å². The van der Waals surface area contributed by atoms with Crippen molar-refractivity contribution in [3.8, 4) is 0 Å². The number of carbonyl (C=O) groups is 5. The molecule has 0 radical (unpaired) electrons. The van der Waals surface area contributed by atoms with E-state index in [1.165, 1.54) is 7.11 Å². The van der Waals surface area contributed by atoms with Crippen molar-refractivity contribution < 1.29 is 113 Å². The van der Waals surface area contributed by atoms with Gasteiger partial charge in [0.25, 0.3) is 11.7 Å². The minimum absolute atomic E-state index is 0.0206. The number of nitrogens with zero attached hydrogens (tertiary/aromatic N) is 4. The second-order valence-electron chi connectivity index (χ2n) is 26.6. The lowest BCUT2D eigenvalue weighted by Gasteiger charge is -2.42. The number of cyclic esters (lactones) is 1. The second kappa shape index (κ2) is 34.5. The lowest BCUT2D eigenvalue weighted by molar-refractivity contribution is -0.332. The Balaban J connectivity index is 1.07. The molecule has 6 aliphatic rings. The maximum Gasteiger partial charge on any atom is 0.329 e. The largest absolute Gasteiger partial charge is 0.460 e. The molecular formula is C66H102N4O23. The molecule has 1 aromatic heterocycles. The fraction of sp³-hybridized carbons (Fsp3) is 0.773. The molecule has 93 heavy (non-hydrogen) atoms. The molecule has 27 nitrogen and oxygen atoms in total.